The van der Waals surface area contributed by atoms with Gasteiger partial charge in [-0.05, 0) is 17.0 Å². The molecule has 3 aromatic rings. The lowest BCUT2D eigenvalue weighted by Crippen LogP contribution is -3.20. The number of hydrogen-bond donors (Lipinski definition) is 3. The zero-order valence-corrected chi connectivity index (χ0v) is 20.1. The summed E-state index contributed by atoms with van der Waals surface area (Å²) in [5, 5.41) is 14.6. The van der Waals surface area contributed by atoms with E-state index >= 15 is 0 Å². The van der Waals surface area contributed by atoms with E-state index in [0.29, 0.717) is 25.0 Å². The first kappa shape index (κ1) is 23.2. The molecule has 0 saturated carbocycles. The molecule has 8 nitrogen and oxygen atoms in total. The van der Waals surface area contributed by atoms with Gasteiger partial charge in [-0.2, -0.15) is 0 Å². The van der Waals surface area contributed by atoms with Crippen LogP contribution in [0.1, 0.15) is 19.8 Å². The molecule has 0 aliphatic carbocycles. The van der Waals surface area contributed by atoms with Crippen LogP contribution in [-0.4, -0.2) is 59.0 Å². The van der Waals surface area contributed by atoms with Crippen molar-refractivity contribution >= 4 is 11.8 Å². The Bertz CT molecular complexity index is 1160. The highest BCUT2D eigenvalue weighted by atomic mass is 16.2. The van der Waals surface area contributed by atoms with Gasteiger partial charge in [-0.25, -0.2) is 4.68 Å². The Hall–Kier alpha value is -3.52. The maximum absolute atomic E-state index is 12.7. The molecule has 3 aliphatic rings. The SMILES string of the molecule is CC(=O)NCCNC(=O)[C@H]1C[NH+]2CC[C@@H]1C[C@@H]2Cn1cc(-c2ccc(-c3ccccc3)cc2)nn1. The van der Waals surface area contributed by atoms with Crippen molar-refractivity contribution in [2.45, 2.75) is 32.4 Å². The van der Waals surface area contributed by atoms with Crippen molar-refractivity contribution < 1.29 is 14.5 Å². The molecule has 3 fully saturated rings. The summed E-state index contributed by atoms with van der Waals surface area (Å²) in [6, 6.07) is 19.3. The van der Waals surface area contributed by atoms with E-state index in [2.05, 4.69) is 57.3 Å². The van der Waals surface area contributed by atoms with Crippen LogP contribution in [0.4, 0.5) is 0 Å². The maximum Gasteiger partial charge on any atom is 0.229 e. The average molecular weight is 474 g/mol. The lowest BCUT2D eigenvalue weighted by molar-refractivity contribution is -0.945. The Balaban J connectivity index is 1.16. The van der Waals surface area contributed by atoms with Crippen molar-refractivity contribution in [1.29, 1.82) is 0 Å². The van der Waals surface area contributed by atoms with E-state index in [-0.39, 0.29) is 17.7 Å². The minimum absolute atomic E-state index is 0.0572. The van der Waals surface area contributed by atoms with Gasteiger partial charge in [0.1, 0.15) is 11.7 Å². The summed E-state index contributed by atoms with van der Waals surface area (Å²) in [7, 11) is 0. The number of fused-ring (bicyclic) bond motifs is 3. The molecule has 2 amide bonds. The van der Waals surface area contributed by atoms with Crippen LogP contribution in [0.5, 0.6) is 0 Å². The number of carbonyl (C=O) groups is 2. The predicted molar refractivity (Wildman–Crippen MR) is 133 cm³/mol. The number of piperidine rings is 3. The summed E-state index contributed by atoms with van der Waals surface area (Å²) < 4.78 is 1.96. The highest BCUT2D eigenvalue weighted by Crippen LogP contribution is 2.28. The largest absolute Gasteiger partial charge is 0.355 e. The first-order valence-corrected chi connectivity index (χ1v) is 12.5. The Kier molecular flexibility index (Phi) is 6.90. The summed E-state index contributed by atoms with van der Waals surface area (Å²) >= 11 is 0. The van der Waals surface area contributed by atoms with E-state index in [9.17, 15) is 9.59 Å². The zero-order valence-electron chi connectivity index (χ0n) is 20.1. The molecule has 0 spiro atoms. The van der Waals surface area contributed by atoms with Crippen LogP contribution in [0.2, 0.25) is 0 Å². The first-order valence-electron chi connectivity index (χ1n) is 12.5. The number of amides is 2. The lowest BCUT2D eigenvalue weighted by Gasteiger charge is -2.46. The number of quaternary nitrogens is 1. The second kappa shape index (κ2) is 10.4. The lowest BCUT2D eigenvalue weighted by atomic mass is 9.75. The van der Waals surface area contributed by atoms with Crippen molar-refractivity contribution in [2.24, 2.45) is 11.8 Å². The number of hydrogen-bond acceptors (Lipinski definition) is 4. The summed E-state index contributed by atoms with van der Waals surface area (Å²) in [5.41, 5.74) is 4.33. The summed E-state index contributed by atoms with van der Waals surface area (Å²) in [6.45, 7) is 5.23. The molecule has 182 valence electrons. The van der Waals surface area contributed by atoms with Gasteiger partial charge in [0.15, 0.2) is 0 Å². The quantitative estimate of drug-likeness (QED) is 0.428. The third-order valence-corrected chi connectivity index (χ3v) is 7.42. The molecule has 2 bridgehead atoms. The molecule has 2 aromatic carbocycles. The van der Waals surface area contributed by atoms with Gasteiger partial charge in [-0.1, -0.05) is 59.8 Å². The molecule has 1 unspecified atom stereocenters. The topological polar surface area (TPSA) is 93.3 Å². The van der Waals surface area contributed by atoms with Crippen LogP contribution < -0.4 is 15.5 Å². The van der Waals surface area contributed by atoms with Gasteiger partial charge in [0.2, 0.25) is 11.8 Å². The van der Waals surface area contributed by atoms with Crippen LogP contribution in [0, 0.1) is 11.8 Å². The Morgan fingerprint density at radius 2 is 1.71 bits per heavy atom. The molecular formula is C27H33N6O2+. The van der Waals surface area contributed by atoms with E-state index < -0.39 is 0 Å². The van der Waals surface area contributed by atoms with Gasteiger partial charge >= 0.3 is 0 Å². The third-order valence-electron chi connectivity index (χ3n) is 7.42. The summed E-state index contributed by atoms with van der Waals surface area (Å²) in [4.78, 5) is 25.2. The molecule has 35 heavy (non-hydrogen) atoms. The highest BCUT2D eigenvalue weighted by molar-refractivity contribution is 5.79. The monoisotopic (exact) mass is 473 g/mol. The van der Waals surface area contributed by atoms with Gasteiger partial charge in [0.25, 0.3) is 0 Å². The maximum atomic E-state index is 12.7. The van der Waals surface area contributed by atoms with Crippen LogP contribution in [-0.2, 0) is 16.1 Å². The second-order valence-corrected chi connectivity index (χ2v) is 9.74. The van der Waals surface area contributed by atoms with Crippen LogP contribution in [0.15, 0.2) is 60.8 Å². The average Bonchev–Trinajstić information content (AvgIpc) is 3.36. The van der Waals surface area contributed by atoms with E-state index in [1.807, 2.05) is 29.1 Å². The standard InChI is InChI=1S/C27H32N6O2/c1-19(34)28-12-13-29-27(35)25-17-32-14-11-23(25)15-24(32)16-33-18-26(30-31-33)22-9-7-21(8-10-22)20-5-3-2-4-6-20/h2-10,18,23-25H,11-17H2,1H3,(H,28,34)(H,29,35)/p+1/t23-,24-,25+/m1/s1. The molecule has 1 aromatic heterocycles. The van der Waals surface area contributed by atoms with Gasteiger partial charge in [-0.15, -0.1) is 5.10 Å². The van der Waals surface area contributed by atoms with Crippen molar-refractivity contribution in [1.82, 2.24) is 25.6 Å². The number of aromatic nitrogens is 3. The van der Waals surface area contributed by atoms with E-state index in [0.717, 1.165) is 43.7 Å². The van der Waals surface area contributed by atoms with E-state index in [1.54, 1.807) is 0 Å². The predicted octanol–water partition coefficient (Wildman–Crippen LogP) is 1.16. The molecule has 4 atom stereocenters. The number of nitrogens with one attached hydrogen (secondary N) is 3. The minimum Gasteiger partial charge on any atom is -0.355 e. The second-order valence-electron chi connectivity index (χ2n) is 9.74. The molecule has 3 saturated heterocycles. The number of nitrogens with zero attached hydrogens (tertiary/aromatic N) is 3. The van der Waals surface area contributed by atoms with Crippen molar-refractivity contribution in [3.63, 3.8) is 0 Å². The van der Waals surface area contributed by atoms with Crippen molar-refractivity contribution in [3.8, 4) is 22.4 Å². The van der Waals surface area contributed by atoms with E-state index in [4.69, 9.17) is 0 Å². The fourth-order valence-electron chi connectivity index (χ4n) is 5.58. The van der Waals surface area contributed by atoms with Crippen LogP contribution in [0.3, 0.4) is 0 Å². The number of benzene rings is 2. The normalized spacial score (nSPS) is 23.1. The molecule has 4 heterocycles. The van der Waals surface area contributed by atoms with Crippen molar-refractivity contribution in [3.05, 3.63) is 60.8 Å². The van der Waals surface area contributed by atoms with Crippen LogP contribution in [0.25, 0.3) is 22.4 Å². The Morgan fingerprint density at radius 3 is 2.43 bits per heavy atom. The summed E-state index contributed by atoms with van der Waals surface area (Å²) in [6.07, 6.45) is 4.15. The minimum atomic E-state index is -0.0742. The van der Waals surface area contributed by atoms with E-state index in [1.165, 1.54) is 23.0 Å². The molecule has 6 rings (SSSR count). The van der Waals surface area contributed by atoms with Gasteiger partial charge < -0.3 is 15.5 Å². The molecular weight excluding hydrogens is 440 g/mol. The zero-order chi connectivity index (χ0) is 24.2. The first-order chi connectivity index (χ1) is 17.1. The fourth-order valence-corrected chi connectivity index (χ4v) is 5.58. The fraction of sp³-hybridized carbons (Fsp3) is 0.407. The highest BCUT2D eigenvalue weighted by Gasteiger charge is 2.46. The van der Waals surface area contributed by atoms with Gasteiger partial charge in [0.05, 0.1) is 31.7 Å². The number of carbonyl (C=O) groups excluding carboxylic acids is 2. The third kappa shape index (κ3) is 5.43. The molecule has 8 heteroatoms. The molecule has 3 aliphatic heterocycles. The Labute approximate surface area is 205 Å². The summed E-state index contributed by atoms with van der Waals surface area (Å²) in [5.74, 6) is 0.515. The smallest absolute Gasteiger partial charge is 0.229 e. The Morgan fingerprint density at radius 1 is 1.00 bits per heavy atom. The molecule has 3 N–H and O–H groups in total. The molecule has 0 radical (unpaired) electrons. The number of rotatable bonds is 8. The van der Waals surface area contributed by atoms with Crippen molar-refractivity contribution in [2.75, 3.05) is 26.2 Å². The van der Waals surface area contributed by atoms with Gasteiger partial charge in [0, 0.05) is 38.4 Å². The van der Waals surface area contributed by atoms with Gasteiger partial charge in [-0.3, -0.25) is 9.59 Å². The van der Waals surface area contributed by atoms with Crippen LogP contribution >= 0.6 is 0 Å².